The first-order valence-electron chi connectivity index (χ1n) is 7.75. The highest BCUT2D eigenvalue weighted by Crippen LogP contribution is 2.73. The molecule has 0 spiro atoms. The van der Waals surface area contributed by atoms with Crippen LogP contribution in [-0.4, -0.2) is 5.16 Å². The molecule has 0 saturated heterocycles. The van der Waals surface area contributed by atoms with Gasteiger partial charge in [0, 0.05) is 5.92 Å². The first-order valence-corrected chi connectivity index (χ1v) is 7.75. The van der Waals surface area contributed by atoms with Crippen molar-refractivity contribution in [2.24, 2.45) is 23.7 Å². The molecule has 1 heterocycles. The first kappa shape index (κ1) is 11.8. The number of benzene rings is 1. The second-order valence-corrected chi connectivity index (χ2v) is 6.83. The molecule has 4 unspecified atom stereocenters. The Hall–Kier alpha value is -1.84. The Morgan fingerprint density at radius 1 is 1.19 bits per heavy atom. The van der Waals surface area contributed by atoms with Crippen molar-refractivity contribution in [2.45, 2.75) is 25.2 Å². The van der Waals surface area contributed by atoms with Gasteiger partial charge in [-0.05, 0) is 60.6 Å². The third kappa shape index (κ3) is 1.50. The van der Waals surface area contributed by atoms with Gasteiger partial charge >= 0.3 is 0 Å². The number of anilines is 1. The maximum atomic E-state index is 13.5. The van der Waals surface area contributed by atoms with Gasteiger partial charge in [-0.3, -0.25) is 0 Å². The molecule has 0 aliphatic heterocycles. The van der Waals surface area contributed by atoms with Gasteiger partial charge in [0.25, 0.3) is 0 Å². The maximum Gasteiger partial charge on any atom is 0.175 e. The summed E-state index contributed by atoms with van der Waals surface area (Å²) in [6.07, 6.45) is 4.12. The molecule has 1 aromatic heterocycles. The van der Waals surface area contributed by atoms with Crippen LogP contribution in [0.15, 0.2) is 28.8 Å². The van der Waals surface area contributed by atoms with Crippen LogP contribution < -0.4 is 5.73 Å². The van der Waals surface area contributed by atoms with Crippen molar-refractivity contribution in [1.29, 1.82) is 0 Å². The minimum absolute atomic E-state index is 0.255. The molecule has 3 saturated carbocycles. The van der Waals surface area contributed by atoms with E-state index >= 15 is 0 Å². The van der Waals surface area contributed by atoms with E-state index < -0.39 is 0 Å². The highest BCUT2D eigenvalue weighted by Gasteiger charge is 2.67. The van der Waals surface area contributed by atoms with Crippen LogP contribution >= 0.6 is 0 Å². The molecular formula is C17H17FN2O. The fourth-order valence-electron chi connectivity index (χ4n) is 5.15. The van der Waals surface area contributed by atoms with Crippen molar-refractivity contribution in [2.75, 3.05) is 5.73 Å². The van der Waals surface area contributed by atoms with Gasteiger partial charge in [0.1, 0.15) is 11.6 Å². The molecule has 3 nitrogen and oxygen atoms in total. The fraction of sp³-hybridized carbons (Fsp3) is 0.471. The summed E-state index contributed by atoms with van der Waals surface area (Å²) in [5.74, 6) is 4.70. The van der Waals surface area contributed by atoms with E-state index in [1.54, 1.807) is 6.07 Å². The summed E-state index contributed by atoms with van der Waals surface area (Å²) in [7, 11) is 0. The quantitative estimate of drug-likeness (QED) is 0.912. The van der Waals surface area contributed by atoms with Crippen molar-refractivity contribution < 1.29 is 8.91 Å². The number of nitrogens with zero attached hydrogens (tertiary/aromatic N) is 1. The topological polar surface area (TPSA) is 52.0 Å². The lowest BCUT2D eigenvalue weighted by Crippen LogP contribution is -1.98. The molecule has 3 fully saturated rings. The fourth-order valence-corrected chi connectivity index (χ4v) is 5.15. The van der Waals surface area contributed by atoms with Crippen LogP contribution in [0.3, 0.4) is 0 Å². The molecule has 3 aliphatic carbocycles. The predicted molar refractivity (Wildman–Crippen MR) is 76.9 cm³/mol. The van der Waals surface area contributed by atoms with Gasteiger partial charge in [0.15, 0.2) is 5.82 Å². The second kappa shape index (κ2) is 3.87. The monoisotopic (exact) mass is 284 g/mol. The summed E-state index contributed by atoms with van der Waals surface area (Å²) in [6, 6.07) is 6.54. The Morgan fingerprint density at radius 2 is 1.95 bits per heavy atom. The number of hydrogen-bond acceptors (Lipinski definition) is 3. The average Bonchev–Trinajstić information content (AvgIpc) is 2.80. The molecule has 3 aliphatic rings. The molecule has 2 N–H and O–H groups in total. The molecule has 21 heavy (non-hydrogen) atoms. The molecule has 4 heteroatoms. The summed E-state index contributed by atoms with van der Waals surface area (Å²) >= 11 is 0. The van der Waals surface area contributed by atoms with E-state index in [2.05, 4.69) is 5.16 Å². The maximum absolute atomic E-state index is 13.5. The zero-order valence-corrected chi connectivity index (χ0v) is 11.6. The number of rotatable bonds is 2. The van der Waals surface area contributed by atoms with Crippen molar-refractivity contribution in [3.05, 3.63) is 35.8 Å². The Bertz CT molecular complexity index is 709. The summed E-state index contributed by atoms with van der Waals surface area (Å²) in [6.45, 7) is 0. The normalized spacial score (nSPS) is 36.0. The summed E-state index contributed by atoms with van der Waals surface area (Å²) in [5, 5.41) is 3.96. The van der Waals surface area contributed by atoms with Gasteiger partial charge in [0.2, 0.25) is 0 Å². The molecule has 4 atom stereocenters. The lowest BCUT2D eigenvalue weighted by atomic mass is 9.96. The van der Waals surface area contributed by atoms with Crippen LogP contribution in [0.5, 0.6) is 0 Å². The molecule has 1 aromatic carbocycles. The molecular weight excluding hydrogens is 267 g/mol. The minimum Gasteiger partial charge on any atom is -0.380 e. The van der Waals surface area contributed by atoms with Gasteiger partial charge in [0.05, 0.1) is 5.56 Å². The summed E-state index contributed by atoms with van der Waals surface area (Å²) in [4.78, 5) is 0. The molecule has 5 rings (SSSR count). The lowest BCUT2D eigenvalue weighted by molar-refractivity contribution is 0.365. The molecule has 0 radical (unpaired) electrons. The number of halogens is 1. The van der Waals surface area contributed by atoms with Crippen LogP contribution in [0.4, 0.5) is 10.2 Å². The number of nitrogens with two attached hydrogens (primary N) is 1. The summed E-state index contributed by atoms with van der Waals surface area (Å²) < 4.78 is 19.1. The first-order chi connectivity index (χ1) is 10.2. The average molecular weight is 284 g/mol. The van der Waals surface area contributed by atoms with Gasteiger partial charge in [-0.2, -0.15) is 0 Å². The third-order valence-corrected chi connectivity index (χ3v) is 5.90. The van der Waals surface area contributed by atoms with E-state index in [9.17, 15) is 4.39 Å². The molecule has 108 valence electrons. The van der Waals surface area contributed by atoms with Gasteiger partial charge in [-0.15, -0.1) is 0 Å². The zero-order valence-electron chi connectivity index (χ0n) is 11.6. The van der Waals surface area contributed by atoms with E-state index in [0.29, 0.717) is 11.7 Å². The molecule has 0 amide bonds. The number of fused-ring (bicyclic) bond motifs is 5. The van der Waals surface area contributed by atoms with Gasteiger partial charge < -0.3 is 10.3 Å². The van der Waals surface area contributed by atoms with E-state index in [1.807, 2.05) is 6.07 Å². The van der Waals surface area contributed by atoms with E-state index in [0.717, 1.165) is 40.6 Å². The highest BCUT2D eigenvalue weighted by atomic mass is 19.1. The van der Waals surface area contributed by atoms with E-state index in [1.165, 1.54) is 31.4 Å². The Morgan fingerprint density at radius 3 is 2.67 bits per heavy atom. The highest BCUT2D eigenvalue weighted by molar-refractivity contribution is 5.76. The predicted octanol–water partition coefficient (Wildman–Crippen LogP) is 3.82. The Kier molecular flexibility index (Phi) is 2.17. The second-order valence-electron chi connectivity index (χ2n) is 6.83. The van der Waals surface area contributed by atoms with Gasteiger partial charge in [-0.1, -0.05) is 17.3 Å². The number of aromatic nitrogens is 1. The van der Waals surface area contributed by atoms with Crippen LogP contribution in [-0.2, 0) is 0 Å². The SMILES string of the molecule is Nc1noc(C2C3C4CCC(C4)C23)c1-c1cccc(F)c1. The largest absolute Gasteiger partial charge is 0.380 e. The molecule has 2 bridgehead atoms. The lowest BCUT2D eigenvalue weighted by Gasteiger charge is -2.08. The van der Waals surface area contributed by atoms with Crippen LogP contribution in [0.2, 0.25) is 0 Å². The number of nitrogen functional groups attached to an aromatic ring is 1. The van der Waals surface area contributed by atoms with Crippen molar-refractivity contribution in [3.63, 3.8) is 0 Å². The third-order valence-electron chi connectivity index (χ3n) is 5.90. The van der Waals surface area contributed by atoms with Crippen molar-refractivity contribution >= 4 is 5.82 Å². The van der Waals surface area contributed by atoms with E-state index in [4.69, 9.17) is 10.3 Å². The van der Waals surface area contributed by atoms with Crippen LogP contribution in [0.1, 0.15) is 30.9 Å². The standard InChI is InChI=1S/C17H17FN2O/c18-11-3-1-2-8(7-11)14-16(21-20-17(14)19)15-12-9-4-5-10(6-9)13(12)15/h1-3,7,9-10,12-13,15H,4-6H2,(H2,19,20). The Labute approximate surface area is 122 Å². The minimum atomic E-state index is -0.255. The smallest absolute Gasteiger partial charge is 0.175 e. The number of hydrogen-bond donors (Lipinski definition) is 1. The zero-order chi connectivity index (χ0) is 14.1. The summed E-state index contributed by atoms with van der Waals surface area (Å²) in [5.41, 5.74) is 7.59. The molecule has 2 aromatic rings. The van der Waals surface area contributed by atoms with E-state index in [-0.39, 0.29) is 5.82 Å². The Balaban J connectivity index is 1.58. The van der Waals surface area contributed by atoms with Crippen molar-refractivity contribution in [3.8, 4) is 11.1 Å². The van der Waals surface area contributed by atoms with Crippen LogP contribution in [0, 0.1) is 29.5 Å². The van der Waals surface area contributed by atoms with Gasteiger partial charge in [-0.25, -0.2) is 4.39 Å². The van der Waals surface area contributed by atoms with Crippen LogP contribution in [0.25, 0.3) is 11.1 Å². The van der Waals surface area contributed by atoms with Crippen molar-refractivity contribution in [1.82, 2.24) is 5.16 Å².